The molecule has 0 aliphatic carbocycles. The van der Waals surface area contributed by atoms with Gasteiger partial charge in [-0.15, -0.1) is 0 Å². The third-order valence-corrected chi connectivity index (χ3v) is 3.79. The zero-order valence-corrected chi connectivity index (χ0v) is 13.7. The summed E-state index contributed by atoms with van der Waals surface area (Å²) in [6.45, 7) is 0.263. The van der Waals surface area contributed by atoms with E-state index in [1.807, 2.05) is 5.38 Å². The number of carbonyl (C=O) groups is 2. The highest BCUT2D eigenvalue weighted by molar-refractivity contribution is 7.08. The van der Waals surface area contributed by atoms with Gasteiger partial charge in [0, 0.05) is 30.0 Å². The number of anilines is 1. The number of ether oxygens (including phenoxy) is 2. The van der Waals surface area contributed by atoms with Crippen LogP contribution in [0, 0.1) is 0 Å². The molecule has 2 amide bonds. The summed E-state index contributed by atoms with van der Waals surface area (Å²) < 4.78 is 10.3. The van der Waals surface area contributed by atoms with Gasteiger partial charge >= 0.3 is 0 Å². The number of carbonyl (C=O) groups excluding carboxylic acids is 2. The van der Waals surface area contributed by atoms with Crippen molar-refractivity contribution >= 4 is 28.8 Å². The van der Waals surface area contributed by atoms with Gasteiger partial charge in [-0.25, -0.2) is 0 Å². The van der Waals surface area contributed by atoms with E-state index >= 15 is 0 Å². The molecule has 0 saturated heterocycles. The van der Waals surface area contributed by atoms with Crippen molar-refractivity contribution in [2.45, 2.75) is 6.42 Å². The molecule has 1 aromatic carbocycles. The molecular formula is C16H18N2O4S. The average Bonchev–Trinajstić information content (AvgIpc) is 3.09. The Labute approximate surface area is 138 Å². The van der Waals surface area contributed by atoms with Crippen LogP contribution in [0.1, 0.15) is 16.8 Å². The van der Waals surface area contributed by atoms with Gasteiger partial charge in [-0.3, -0.25) is 9.59 Å². The van der Waals surface area contributed by atoms with Crippen LogP contribution in [0.2, 0.25) is 0 Å². The van der Waals surface area contributed by atoms with E-state index in [-0.39, 0.29) is 24.8 Å². The van der Waals surface area contributed by atoms with E-state index in [4.69, 9.17) is 9.47 Å². The van der Waals surface area contributed by atoms with Crippen molar-refractivity contribution in [3.63, 3.8) is 0 Å². The van der Waals surface area contributed by atoms with Crippen LogP contribution in [-0.4, -0.2) is 32.6 Å². The molecule has 122 valence electrons. The average molecular weight is 334 g/mol. The Morgan fingerprint density at radius 3 is 2.65 bits per heavy atom. The van der Waals surface area contributed by atoms with E-state index in [0.717, 1.165) is 0 Å². The molecule has 6 nitrogen and oxygen atoms in total. The summed E-state index contributed by atoms with van der Waals surface area (Å²) >= 11 is 1.45. The summed E-state index contributed by atoms with van der Waals surface area (Å²) in [5.74, 6) is 0.767. The Morgan fingerprint density at radius 2 is 2.00 bits per heavy atom. The van der Waals surface area contributed by atoms with Crippen LogP contribution in [0.3, 0.4) is 0 Å². The van der Waals surface area contributed by atoms with E-state index in [2.05, 4.69) is 10.6 Å². The van der Waals surface area contributed by atoms with Crippen molar-refractivity contribution in [3.05, 3.63) is 40.6 Å². The van der Waals surface area contributed by atoms with Crippen molar-refractivity contribution < 1.29 is 19.1 Å². The fourth-order valence-electron chi connectivity index (χ4n) is 1.90. The minimum atomic E-state index is -0.209. The highest BCUT2D eigenvalue weighted by Gasteiger charge is 2.10. The maximum Gasteiger partial charge on any atom is 0.252 e. The number of hydrogen-bond donors (Lipinski definition) is 2. The Kier molecular flexibility index (Phi) is 5.99. The molecule has 0 unspecified atom stereocenters. The lowest BCUT2D eigenvalue weighted by Crippen LogP contribution is -2.27. The highest BCUT2D eigenvalue weighted by Crippen LogP contribution is 2.28. The van der Waals surface area contributed by atoms with Crippen LogP contribution < -0.4 is 20.1 Å². The number of benzene rings is 1. The Morgan fingerprint density at radius 1 is 1.17 bits per heavy atom. The van der Waals surface area contributed by atoms with Gasteiger partial charge in [0.1, 0.15) is 11.5 Å². The summed E-state index contributed by atoms with van der Waals surface area (Å²) in [6, 6.07) is 6.87. The number of nitrogens with one attached hydrogen (secondary N) is 2. The van der Waals surface area contributed by atoms with Crippen LogP contribution in [-0.2, 0) is 4.79 Å². The Bertz CT molecular complexity index is 671. The smallest absolute Gasteiger partial charge is 0.252 e. The fourth-order valence-corrected chi connectivity index (χ4v) is 2.54. The van der Waals surface area contributed by atoms with Crippen molar-refractivity contribution in [2.24, 2.45) is 0 Å². The van der Waals surface area contributed by atoms with Crippen molar-refractivity contribution in [1.29, 1.82) is 0 Å². The summed E-state index contributed by atoms with van der Waals surface area (Å²) in [5.41, 5.74) is 1.16. The van der Waals surface area contributed by atoms with E-state index in [0.29, 0.717) is 22.7 Å². The molecule has 0 aliphatic heterocycles. The van der Waals surface area contributed by atoms with Crippen LogP contribution in [0.5, 0.6) is 11.5 Å². The van der Waals surface area contributed by atoms with E-state index < -0.39 is 0 Å². The quantitative estimate of drug-likeness (QED) is 0.816. The van der Waals surface area contributed by atoms with Crippen molar-refractivity contribution in [3.8, 4) is 11.5 Å². The molecule has 0 spiro atoms. The number of thiophene rings is 1. The van der Waals surface area contributed by atoms with E-state index in [1.165, 1.54) is 18.4 Å². The SMILES string of the molecule is COc1ccc(NC(=O)CCNC(=O)c2ccsc2)c(OC)c1. The first-order chi connectivity index (χ1) is 11.1. The van der Waals surface area contributed by atoms with E-state index in [9.17, 15) is 9.59 Å². The predicted molar refractivity (Wildman–Crippen MR) is 89.4 cm³/mol. The molecule has 0 atom stereocenters. The monoisotopic (exact) mass is 334 g/mol. The van der Waals surface area contributed by atoms with Gasteiger partial charge in [0.15, 0.2) is 0 Å². The molecule has 0 fully saturated rings. The Balaban J connectivity index is 1.84. The molecule has 2 N–H and O–H groups in total. The molecule has 0 aliphatic rings. The van der Waals surface area contributed by atoms with Crippen LogP contribution in [0.25, 0.3) is 0 Å². The molecule has 0 saturated carbocycles. The van der Waals surface area contributed by atoms with Crippen molar-refractivity contribution in [1.82, 2.24) is 5.32 Å². The van der Waals surface area contributed by atoms with E-state index in [1.54, 1.807) is 36.8 Å². The fraction of sp³-hybridized carbons (Fsp3) is 0.250. The molecule has 7 heteroatoms. The minimum Gasteiger partial charge on any atom is -0.497 e. The van der Waals surface area contributed by atoms with Gasteiger partial charge in [0.2, 0.25) is 5.91 Å². The van der Waals surface area contributed by atoms with Gasteiger partial charge in [-0.2, -0.15) is 11.3 Å². The zero-order valence-electron chi connectivity index (χ0n) is 12.9. The first kappa shape index (κ1) is 16.8. The minimum absolute atomic E-state index is 0.172. The van der Waals surface area contributed by atoms with Crippen molar-refractivity contribution in [2.75, 3.05) is 26.1 Å². The molecule has 0 bridgehead atoms. The molecule has 0 radical (unpaired) electrons. The molecule has 2 aromatic rings. The molecule has 23 heavy (non-hydrogen) atoms. The number of rotatable bonds is 7. The van der Waals surface area contributed by atoms with Gasteiger partial charge < -0.3 is 20.1 Å². The van der Waals surface area contributed by atoms with Gasteiger partial charge in [0.05, 0.1) is 19.9 Å². The number of amides is 2. The predicted octanol–water partition coefficient (Wildman–Crippen LogP) is 2.52. The number of hydrogen-bond acceptors (Lipinski definition) is 5. The first-order valence-corrected chi connectivity index (χ1v) is 7.90. The second-order valence-corrected chi connectivity index (χ2v) is 5.41. The zero-order chi connectivity index (χ0) is 16.7. The standard InChI is InChI=1S/C16H18N2O4S/c1-21-12-3-4-13(14(9-12)22-2)18-15(19)5-7-17-16(20)11-6-8-23-10-11/h3-4,6,8-10H,5,7H2,1-2H3,(H,17,20)(H,18,19). The lowest BCUT2D eigenvalue weighted by molar-refractivity contribution is -0.116. The van der Waals surface area contributed by atoms with Crippen LogP contribution in [0.15, 0.2) is 35.0 Å². The van der Waals surface area contributed by atoms with Gasteiger partial charge in [-0.1, -0.05) is 0 Å². The normalized spacial score (nSPS) is 10.0. The first-order valence-electron chi connectivity index (χ1n) is 6.96. The summed E-state index contributed by atoms with van der Waals surface area (Å²) in [7, 11) is 3.08. The lowest BCUT2D eigenvalue weighted by Gasteiger charge is -2.11. The molecular weight excluding hydrogens is 316 g/mol. The topological polar surface area (TPSA) is 76.7 Å². The molecule has 2 rings (SSSR count). The molecule has 1 heterocycles. The largest absolute Gasteiger partial charge is 0.497 e. The number of methoxy groups -OCH3 is 2. The second kappa shape index (κ2) is 8.19. The third kappa shape index (κ3) is 4.72. The summed E-state index contributed by atoms with van der Waals surface area (Å²) in [6.07, 6.45) is 0.172. The molecule has 1 aromatic heterocycles. The highest BCUT2D eigenvalue weighted by atomic mass is 32.1. The maximum atomic E-state index is 12.0. The summed E-state index contributed by atoms with van der Waals surface area (Å²) in [4.78, 5) is 23.7. The Hall–Kier alpha value is -2.54. The van der Waals surface area contributed by atoms with Crippen LogP contribution in [0.4, 0.5) is 5.69 Å². The van der Waals surface area contributed by atoms with Gasteiger partial charge in [0.25, 0.3) is 5.91 Å². The maximum absolute atomic E-state index is 12.0. The van der Waals surface area contributed by atoms with Gasteiger partial charge in [-0.05, 0) is 23.6 Å². The third-order valence-electron chi connectivity index (χ3n) is 3.10. The second-order valence-electron chi connectivity index (χ2n) is 4.63. The lowest BCUT2D eigenvalue weighted by atomic mass is 10.2. The summed E-state index contributed by atoms with van der Waals surface area (Å²) in [5, 5.41) is 9.05. The van der Waals surface area contributed by atoms with Crippen LogP contribution >= 0.6 is 11.3 Å².